The van der Waals surface area contributed by atoms with Crippen LogP contribution >= 0.6 is 9.24 Å². The molecule has 0 fully saturated rings. The zero-order valence-electron chi connectivity index (χ0n) is 14.6. The fourth-order valence-corrected chi connectivity index (χ4v) is 2.98. The quantitative estimate of drug-likeness (QED) is 0.157. The van der Waals surface area contributed by atoms with Crippen molar-refractivity contribution in [2.24, 2.45) is 0 Å². The van der Waals surface area contributed by atoms with Crippen LogP contribution in [0.25, 0.3) is 0 Å². The van der Waals surface area contributed by atoms with Crippen LogP contribution in [0.1, 0.15) is 116 Å². The van der Waals surface area contributed by atoms with Crippen LogP contribution in [0.15, 0.2) is 0 Å². The summed E-state index contributed by atoms with van der Waals surface area (Å²) in [4.78, 5) is 0. The minimum atomic E-state index is 1.09. The van der Waals surface area contributed by atoms with E-state index in [2.05, 4.69) is 27.7 Å². The number of hydrogen-bond donors (Lipinski definition) is 0. The molecule has 0 aliphatic carbocycles. The summed E-state index contributed by atoms with van der Waals surface area (Å²) in [5.74, 6) is 3.11. The molecule has 0 aliphatic rings. The Bertz CT molecular complexity index is 236. The van der Waals surface area contributed by atoms with Crippen LogP contribution < -0.4 is 0 Å². The van der Waals surface area contributed by atoms with Gasteiger partial charge in [-0.1, -0.05) is 124 Å². The molecule has 1 unspecified atom stereocenters. The van der Waals surface area contributed by atoms with E-state index in [0.29, 0.717) is 0 Å². The first-order valence-electron chi connectivity index (χ1n) is 9.60. The largest absolute Gasteiger partial charge is 0.0992 e. The van der Waals surface area contributed by atoms with Gasteiger partial charge in [0.25, 0.3) is 0 Å². The molecule has 0 aliphatic heterocycles. The van der Waals surface area contributed by atoms with Crippen molar-refractivity contribution < 1.29 is 0 Å². The Morgan fingerprint density at radius 2 is 0.857 bits per heavy atom. The van der Waals surface area contributed by atoms with Crippen LogP contribution in [-0.4, -0.2) is 0 Å². The highest BCUT2D eigenvalue weighted by Gasteiger charge is 1.94. The maximum absolute atomic E-state index is 3.11. The van der Waals surface area contributed by atoms with Gasteiger partial charge in [-0.15, -0.1) is 0 Å². The third-order valence-corrected chi connectivity index (χ3v) is 4.46. The third-order valence-electron chi connectivity index (χ3n) is 4.26. The Balaban J connectivity index is 2.94. The molecule has 124 valence electrons. The maximum atomic E-state index is 3.11. The van der Waals surface area contributed by atoms with Crippen molar-refractivity contribution in [1.82, 2.24) is 0 Å². The van der Waals surface area contributed by atoms with Crippen molar-refractivity contribution in [2.75, 3.05) is 0 Å². The van der Waals surface area contributed by atoms with E-state index in [1.54, 1.807) is 0 Å². The van der Waals surface area contributed by atoms with Gasteiger partial charge in [-0.25, -0.2) is 0 Å². The predicted molar refractivity (Wildman–Crippen MR) is 102 cm³/mol. The standard InChI is InChI=1S/C20H39P/c1-2-3-4-5-6-7-8-9-10-11-12-13-14-15-16-17-18-19-20-21/h2-18,21H2,1H3. The van der Waals surface area contributed by atoms with Gasteiger partial charge in [0.05, 0.1) is 0 Å². The summed E-state index contributed by atoms with van der Waals surface area (Å²) in [6.45, 7) is 2.29. The lowest BCUT2D eigenvalue weighted by Crippen LogP contribution is -1.83. The topological polar surface area (TPSA) is 0 Å². The third kappa shape index (κ3) is 20.0. The zero-order valence-corrected chi connectivity index (χ0v) is 15.8. The number of rotatable bonds is 16. The lowest BCUT2D eigenvalue weighted by atomic mass is 10.0. The average molecular weight is 311 g/mol. The predicted octanol–water partition coefficient (Wildman–Crippen LogP) is 7.47. The van der Waals surface area contributed by atoms with Gasteiger partial charge in [-0.3, -0.25) is 0 Å². The Morgan fingerprint density at radius 1 is 0.524 bits per heavy atom. The molecule has 0 bridgehead atoms. The molecule has 0 heterocycles. The molecular formula is C20H39P. The molecule has 0 N–H and O–H groups in total. The first-order valence-corrected chi connectivity index (χ1v) is 10.2. The Hall–Kier alpha value is -0.0100. The summed E-state index contributed by atoms with van der Waals surface area (Å²) < 4.78 is 0. The highest BCUT2D eigenvalue weighted by Crippen LogP contribution is 2.13. The first-order chi connectivity index (χ1) is 10.4. The highest BCUT2D eigenvalue weighted by atomic mass is 31.0. The van der Waals surface area contributed by atoms with Crippen molar-refractivity contribution in [3.63, 3.8) is 0 Å². The number of unbranched alkanes of at least 4 members (excludes halogenated alkanes) is 16. The van der Waals surface area contributed by atoms with Crippen molar-refractivity contribution in [2.45, 2.75) is 116 Å². The van der Waals surface area contributed by atoms with E-state index in [0.717, 1.165) is 6.42 Å². The Morgan fingerprint density at radius 3 is 1.19 bits per heavy atom. The molecule has 1 atom stereocenters. The van der Waals surface area contributed by atoms with Crippen molar-refractivity contribution in [1.29, 1.82) is 0 Å². The highest BCUT2D eigenvalue weighted by molar-refractivity contribution is 7.23. The van der Waals surface area contributed by atoms with E-state index in [1.165, 1.54) is 103 Å². The van der Waals surface area contributed by atoms with E-state index in [1.807, 2.05) is 0 Å². The fourth-order valence-electron chi connectivity index (χ4n) is 2.83. The summed E-state index contributed by atoms with van der Waals surface area (Å²) >= 11 is 0. The number of hydrogen-bond acceptors (Lipinski definition) is 0. The second-order valence-electron chi connectivity index (χ2n) is 6.37. The average Bonchev–Trinajstić information content (AvgIpc) is 2.50. The van der Waals surface area contributed by atoms with Crippen molar-refractivity contribution in [3.05, 3.63) is 0 Å². The van der Waals surface area contributed by atoms with Gasteiger partial charge in [0.15, 0.2) is 0 Å². The van der Waals surface area contributed by atoms with E-state index in [9.17, 15) is 0 Å². The van der Waals surface area contributed by atoms with E-state index >= 15 is 0 Å². The Kier molecular flexibility index (Phi) is 20.0. The molecule has 0 aromatic heterocycles. The van der Waals surface area contributed by atoms with Crippen LogP contribution in [-0.2, 0) is 0 Å². The van der Waals surface area contributed by atoms with E-state index in [4.69, 9.17) is 0 Å². The normalized spacial score (nSPS) is 10.4. The molecule has 21 heavy (non-hydrogen) atoms. The smallest absolute Gasteiger partial charge is 0.00919 e. The molecule has 0 aromatic rings. The second kappa shape index (κ2) is 20.0. The van der Waals surface area contributed by atoms with Crippen LogP contribution in [0.2, 0.25) is 0 Å². The van der Waals surface area contributed by atoms with Crippen LogP contribution in [0.5, 0.6) is 0 Å². The SMILES string of the molecule is CCCCCCCCCCCCCCCCCCC#CP. The van der Waals surface area contributed by atoms with Gasteiger partial charge in [0.2, 0.25) is 0 Å². The van der Waals surface area contributed by atoms with Gasteiger partial charge in [-0.2, -0.15) is 0 Å². The fraction of sp³-hybridized carbons (Fsp3) is 0.900. The summed E-state index contributed by atoms with van der Waals surface area (Å²) in [6, 6.07) is 0. The molecule has 1 heteroatoms. The lowest BCUT2D eigenvalue weighted by Gasteiger charge is -2.03. The molecular weight excluding hydrogens is 271 g/mol. The summed E-state index contributed by atoms with van der Waals surface area (Å²) in [7, 11) is 2.47. The van der Waals surface area contributed by atoms with Crippen LogP contribution in [0, 0.1) is 11.6 Å². The minimum absolute atomic E-state index is 1.09. The van der Waals surface area contributed by atoms with Crippen LogP contribution in [0.3, 0.4) is 0 Å². The van der Waals surface area contributed by atoms with Crippen molar-refractivity contribution >= 4 is 9.24 Å². The summed E-state index contributed by atoms with van der Waals surface area (Å²) in [5, 5.41) is 0. The monoisotopic (exact) mass is 310 g/mol. The first kappa shape index (κ1) is 21.0. The molecule has 0 rings (SSSR count). The van der Waals surface area contributed by atoms with Gasteiger partial charge >= 0.3 is 0 Å². The minimum Gasteiger partial charge on any atom is -0.0992 e. The second-order valence-corrected chi connectivity index (χ2v) is 6.66. The molecule has 0 nitrogen and oxygen atoms in total. The van der Waals surface area contributed by atoms with E-state index in [-0.39, 0.29) is 0 Å². The summed E-state index contributed by atoms with van der Waals surface area (Å²) in [5.41, 5.74) is 2.89. The molecule has 0 radical (unpaired) electrons. The summed E-state index contributed by atoms with van der Waals surface area (Å²) in [6.07, 6.45) is 24.1. The van der Waals surface area contributed by atoms with Gasteiger partial charge in [-0.05, 0) is 6.42 Å². The van der Waals surface area contributed by atoms with E-state index < -0.39 is 0 Å². The van der Waals surface area contributed by atoms with Crippen LogP contribution in [0.4, 0.5) is 0 Å². The molecule has 0 spiro atoms. The van der Waals surface area contributed by atoms with Gasteiger partial charge in [0.1, 0.15) is 0 Å². The van der Waals surface area contributed by atoms with Gasteiger partial charge in [0, 0.05) is 6.42 Å². The Labute approximate surface area is 137 Å². The van der Waals surface area contributed by atoms with Crippen molar-refractivity contribution in [3.8, 4) is 11.6 Å². The molecule has 0 amide bonds. The zero-order chi connectivity index (χ0) is 15.4. The lowest BCUT2D eigenvalue weighted by molar-refractivity contribution is 0.530. The molecule has 0 saturated heterocycles. The molecule has 0 saturated carbocycles. The molecule has 0 aromatic carbocycles. The maximum Gasteiger partial charge on any atom is 0.00919 e. The van der Waals surface area contributed by atoms with Gasteiger partial charge < -0.3 is 0 Å².